The Kier molecular flexibility index (Phi) is 5.91. The number of piperazine rings is 1. The fraction of sp³-hybridized carbons (Fsp3) is 0.316. The van der Waals surface area contributed by atoms with Crippen molar-refractivity contribution in [2.24, 2.45) is 0 Å². The third kappa shape index (κ3) is 4.60. The highest BCUT2D eigenvalue weighted by Crippen LogP contribution is 2.27. The minimum absolute atomic E-state index is 0.0381. The van der Waals surface area contributed by atoms with Gasteiger partial charge in [-0.05, 0) is 25.1 Å². The number of amides is 1. The van der Waals surface area contributed by atoms with E-state index in [1.54, 1.807) is 30.0 Å². The van der Waals surface area contributed by atoms with Crippen LogP contribution in [0.2, 0.25) is 0 Å². The average Bonchev–Trinajstić information content (AvgIpc) is 2.72. The number of benzene rings is 2. The summed E-state index contributed by atoms with van der Waals surface area (Å²) >= 11 is 0. The number of rotatable bonds is 6. The second kappa shape index (κ2) is 8.55. The Labute approximate surface area is 166 Å². The van der Waals surface area contributed by atoms with Gasteiger partial charge in [0.05, 0.1) is 15.4 Å². The van der Waals surface area contributed by atoms with Crippen molar-refractivity contribution in [2.45, 2.75) is 6.92 Å². The molecule has 0 atom stereocenters. The van der Waals surface area contributed by atoms with E-state index in [1.165, 1.54) is 24.3 Å². The second-order valence-corrected chi connectivity index (χ2v) is 6.59. The second-order valence-electron chi connectivity index (χ2n) is 6.59. The van der Waals surface area contributed by atoms with Crippen LogP contribution in [0.3, 0.4) is 0 Å². The van der Waals surface area contributed by atoms with Crippen LogP contribution in [0.4, 0.5) is 17.1 Å². The van der Waals surface area contributed by atoms with Gasteiger partial charge in [-0.25, -0.2) is 0 Å². The first-order valence-corrected chi connectivity index (χ1v) is 9.01. The van der Waals surface area contributed by atoms with Crippen molar-refractivity contribution in [2.75, 3.05) is 37.7 Å². The van der Waals surface area contributed by atoms with Gasteiger partial charge in [-0.1, -0.05) is 6.07 Å². The maximum absolute atomic E-state index is 12.4. The van der Waals surface area contributed by atoms with Crippen LogP contribution < -0.4 is 9.64 Å². The smallest absolute Gasteiger partial charge is 0.276 e. The van der Waals surface area contributed by atoms with Crippen LogP contribution in [0, 0.1) is 27.2 Å². The highest BCUT2D eigenvalue weighted by Gasteiger charge is 2.23. The molecule has 1 amide bonds. The summed E-state index contributed by atoms with van der Waals surface area (Å²) < 4.78 is 5.52. The van der Waals surface area contributed by atoms with E-state index >= 15 is 0 Å². The standard InChI is InChI=1S/C19H20N4O6/c1-14-17(23(27)28)3-2-4-18(14)29-13-19(24)21-11-9-20(10-12-21)15-5-7-16(8-6-15)22(25)26/h2-8H,9-13H2,1H3. The minimum atomic E-state index is -0.485. The zero-order valence-electron chi connectivity index (χ0n) is 15.8. The molecule has 0 radical (unpaired) electrons. The van der Waals surface area contributed by atoms with Crippen molar-refractivity contribution in [3.05, 3.63) is 68.3 Å². The summed E-state index contributed by atoms with van der Waals surface area (Å²) in [6, 6.07) is 10.8. The Hall–Kier alpha value is -3.69. The van der Waals surface area contributed by atoms with Crippen LogP contribution in [-0.2, 0) is 4.79 Å². The first kappa shape index (κ1) is 20.1. The monoisotopic (exact) mass is 400 g/mol. The number of anilines is 1. The molecule has 10 heteroatoms. The average molecular weight is 400 g/mol. The van der Waals surface area contributed by atoms with Crippen LogP contribution in [0.15, 0.2) is 42.5 Å². The number of carbonyl (C=O) groups is 1. The van der Waals surface area contributed by atoms with Gasteiger partial charge >= 0.3 is 0 Å². The van der Waals surface area contributed by atoms with E-state index in [9.17, 15) is 25.0 Å². The fourth-order valence-corrected chi connectivity index (χ4v) is 3.19. The molecule has 10 nitrogen and oxygen atoms in total. The number of ether oxygens (including phenoxy) is 1. The molecule has 3 rings (SSSR count). The van der Waals surface area contributed by atoms with Crippen molar-refractivity contribution < 1.29 is 19.4 Å². The molecule has 1 aliphatic rings. The van der Waals surface area contributed by atoms with E-state index < -0.39 is 9.85 Å². The van der Waals surface area contributed by atoms with Gasteiger partial charge in [0.2, 0.25) is 0 Å². The number of nitro groups is 2. The highest BCUT2D eigenvalue weighted by molar-refractivity contribution is 5.78. The van der Waals surface area contributed by atoms with Crippen LogP contribution in [-0.4, -0.2) is 53.4 Å². The Bertz CT molecular complexity index is 923. The first-order chi connectivity index (χ1) is 13.9. The molecule has 1 heterocycles. The van der Waals surface area contributed by atoms with Gasteiger partial charge in [0.25, 0.3) is 17.3 Å². The molecule has 2 aromatic carbocycles. The van der Waals surface area contributed by atoms with E-state index in [4.69, 9.17) is 4.74 Å². The predicted octanol–water partition coefficient (Wildman–Crippen LogP) is 2.54. The summed E-state index contributed by atoms with van der Waals surface area (Å²) in [6.45, 7) is 3.57. The van der Waals surface area contributed by atoms with E-state index in [0.29, 0.717) is 37.5 Å². The van der Waals surface area contributed by atoms with Gasteiger partial charge in [-0.3, -0.25) is 25.0 Å². The summed E-state index contributed by atoms with van der Waals surface area (Å²) in [5, 5.41) is 21.7. The van der Waals surface area contributed by atoms with Crippen molar-refractivity contribution in [1.29, 1.82) is 0 Å². The first-order valence-electron chi connectivity index (χ1n) is 9.01. The highest BCUT2D eigenvalue weighted by atomic mass is 16.6. The number of nitrogens with zero attached hydrogens (tertiary/aromatic N) is 4. The number of non-ortho nitro benzene ring substituents is 1. The number of hydrogen-bond acceptors (Lipinski definition) is 7. The molecule has 0 unspecified atom stereocenters. The molecule has 29 heavy (non-hydrogen) atoms. The Morgan fingerprint density at radius 3 is 2.24 bits per heavy atom. The Morgan fingerprint density at radius 1 is 1.00 bits per heavy atom. The zero-order chi connectivity index (χ0) is 21.0. The van der Waals surface area contributed by atoms with Crippen molar-refractivity contribution in [3.63, 3.8) is 0 Å². The van der Waals surface area contributed by atoms with E-state index in [1.807, 2.05) is 0 Å². The van der Waals surface area contributed by atoms with Gasteiger partial charge in [0, 0.05) is 50.1 Å². The van der Waals surface area contributed by atoms with E-state index in [2.05, 4.69) is 4.90 Å². The molecule has 0 saturated carbocycles. The van der Waals surface area contributed by atoms with Crippen molar-refractivity contribution in [1.82, 2.24) is 4.90 Å². The fourth-order valence-electron chi connectivity index (χ4n) is 3.19. The molecule has 2 aromatic rings. The van der Waals surface area contributed by atoms with Gasteiger partial charge in [-0.2, -0.15) is 0 Å². The van der Waals surface area contributed by atoms with Gasteiger partial charge < -0.3 is 14.5 Å². The Balaban J connectivity index is 1.53. The molecule has 152 valence electrons. The van der Waals surface area contributed by atoms with Gasteiger partial charge in [-0.15, -0.1) is 0 Å². The molecule has 0 aliphatic carbocycles. The lowest BCUT2D eigenvalue weighted by atomic mass is 10.2. The van der Waals surface area contributed by atoms with Gasteiger partial charge in [0.1, 0.15) is 5.75 Å². The molecular weight excluding hydrogens is 380 g/mol. The number of nitro benzene ring substituents is 2. The molecular formula is C19H20N4O6. The maximum atomic E-state index is 12.4. The SMILES string of the molecule is Cc1c(OCC(=O)N2CCN(c3ccc([N+](=O)[O-])cc3)CC2)cccc1[N+](=O)[O-]. The predicted molar refractivity (Wildman–Crippen MR) is 105 cm³/mol. The maximum Gasteiger partial charge on any atom is 0.276 e. The molecule has 0 aromatic heterocycles. The third-order valence-electron chi connectivity index (χ3n) is 4.86. The van der Waals surface area contributed by atoms with Crippen LogP contribution in [0.25, 0.3) is 0 Å². The molecule has 1 aliphatic heterocycles. The largest absolute Gasteiger partial charge is 0.483 e. The normalized spacial score (nSPS) is 13.8. The Morgan fingerprint density at radius 2 is 1.66 bits per heavy atom. The number of hydrogen-bond donors (Lipinski definition) is 0. The van der Waals surface area contributed by atoms with Crippen molar-refractivity contribution in [3.8, 4) is 5.75 Å². The lowest BCUT2D eigenvalue weighted by molar-refractivity contribution is -0.385. The molecule has 0 bridgehead atoms. The van der Waals surface area contributed by atoms with Crippen LogP contribution in [0.5, 0.6) is 5.75 Å². The topological polar surface area (TPSA) is 119 Å². The minimum Gasteiger partial charge on any atom is -0.483 e. The molecule has 0 spiro atoms. The molecule has 0 N–H and O–H groups in total. The van der Waals surface area contributed by atoms with Gasteiger partial charge in [0.15, 0.2) is 6.61 Å². The molecule has 1 saturated heterocycles. The summed E-state index contributed by atoms with van der Waals surface area (Å²) in [7, 11) is 0. The lowest BCUT2D eigenvalue weighted by Gasteiger charge is -2.36. The zero-order valence-corrected chi connectivity index (χ0v) is 15.8. The quantitative estimate of drug-likeness (QED) is 0.540. The third-order valence-corrected chi connectivity index (χ3v) is 4.86. The molecule has 1 fully saturated rings. The lowest BCUT2D eigenvalue weighted by Crippen LogP contribution is -2.50. The summed E-state index contributed by atoms with van der Waals surface area (Å²) in [4.78, 5) is 37.0. The summed E-state index contributed by atoms with van der Waals surface area (Å²) in [5.74, 6) is 0.122. The number of carbonyl (C=O) groups excluding carboxylic acids is 1. The summed E-state index contributed by atoms with van der Waals surface area (Å²) in [6.07, 6.45) is 0. The van der Waals surface area contributed by atoms with E-state index in [-0.39, 0.29) is 23.9 Å². The van der Waals surface area contributed by atoms with Crippen LogP contribution in [0.1, 0.15) is 5.56 Å². The van der Waals surface area contributed by atoms with E-state index in [0.717, 1.165) is 5.69 Å². The van der Waals surface area contributed by atoms with Crippen molar-refractivity contribution >= 4 is 23.0 Å². The summed E-state index contributed by atoms with van der Waals surface area (Å²) in [5.41, 5.74) is 1.24. The van der Waals surface area contributed by atoms with Crippen LogP contribution >= 0.6 is 0 Å².